The maximum Gasteiger partial charge on any atom is 0.308 e. The van der Waals surface area contributed by atoms with Crippen molar-refractivity contribution in [2.24, 2.45) is 5.16 Å². The number of aliphatic carboxylic acids is 1. The van der Waals surface area contributed by atoms with Gasteiger partial charge in [0.1, 0.15) is 0 Å². The first-order valence-electron chi connectivity index (χ1n) is 9.08. The van der Waals surface area contributed by atoms with Crippen LogP contribution >= 0.6 is 0 Å². The summed E-state index contributed by atoms with van der Waals surface area (Å²) in [6.45, 7) is 0. The van der Waals surface area contributed by atoms with Crippen molar-refractivity contribution in [2.75, 3.05) is 0 Å². The number of nitrogens with zero attached hydrogens (tertiary/aromatic N) is 1. The number of rotatable bonds is 6. The second-order valence-electron chi connectivity index (χ2n) is 6.97. The summed E-state index contributed by atoms with van der Waals surface area (Å²) >= 11 is 0. The summed E-state index contributed by atoms with van der Waals surface area (Å²) in [5.41, 5.74) is 0.103. The number of allylic oxidation sites excluding steroid dienone is 1. The molecule has 0 spiro atoms. The average molecular weight is 356 g/mol. The third-order valence-electron chi connectivity index (χ3n) is 4.86. The number of oxime groups is 1. The zero-order valence-electron chi connectivity index (χ0n) is 14.7. The lowest BCUT2D eigenvalue weighted by Gasteiger charge is -2.29. The van der Waals surface area contributed by atoms with Crippen LogP contribution in [0.2, 0.25) is 0 Å². The second kappa shape index (κ2) is 8.17. The number of amides is 1. The van der Waals surface area contributed by atoms with Crippen molar-refractivity contribution < 1.29 is 19.5 Å². The number of hydrogen-bond donors (Lipinski definition) is 2. The van der Waals surface area contributed by atoms with Gasteiger partial charge in [-0.15, -0.1) is 0 Å². The van der Waals surface area contributed by atoms with Crippen molar-refractivity contribution in [3.05, 3.63) is 42.0 Å². The molecule has 6 nitrogen and oxygen atoms in total. The molecule has 26 heavy (non-hydrogen) atoms. The van der Waals surface area contributed by atoms with E-state index < -0.39 is 18.0 Å². The van der Waals surface area contributed by atoms with Gasteiger partial charge in [-0.2, -0.15) is 0 Å². The van der Waals surface area contributed by atoms with E-state index in [-0.39, 0.29) is 18.4 Å². The van der Waals surface area contributed by atoms with Crippen LogP contribution in [0.25, 0.3) is 6.08 Å². The first-order valence-corrected chi connectivity index (χ1v) is 9.08. The molecule has 1 aliphatic carbocycles. The van der Waals surface area contributed by atoms with Crippen LogP contribution in [0.1, 0.15) is 50.5 Å². The van der Waals surface area contributed by atoms with Gasteiger partial charge < -0.3 is 15.3 Å². The minimum Gasteiger partial charge on any atom is -0.481 e. The Morgan fingerprint density at radius 2 is 1.92 bits per heavy atom. The van der Waals surface area contributed by atoms with Crippen LogP contribution in [0.5, 0.6) is 0 Å². The van der Waals surface area contributed by atoms with Gasteiger partial charge in [0.15, 0.2) is 0 Å². The molecule has 0 saturated heterocycles. The Bertz CT molecular complexity index is 708. The largest absolute Gasteiger partial charge is 0.481 e. The molecule has 6 heteroatoms. The van der Waals surface area contributed by atoms with Gasteiger partial charge in [0.25, 0.3) is 5.91 Å². The molecule has 1 saturated carbocycles. The Morgan fingerprint density at radius 3 is 2.62 bits per heavy atom. The third-order valence-corrected chi connectivity index (χ3v) is 4.86. The Balaban J connectivity index is 1.68. The molecule has 1 atom stereocenters. The van der Waals surface area contributed by atoms with Gasteiger partial charge in [-0.3, -0.25) is 9.59 Å². The fourth-order valence-electron chi connectivity index (χ4n) is 3.45. The average Bonchev–Trinajstić information content (AvgIpc) is 3.05. The normalized spacial score (nSPS) is 23.5. The number of hydrogen-bond acceptors (Lipinski definition) is 4. The van der Waals surface area contributed by atoms with E-state index in [0.717, 1.165) is 31.2 Å². The van der Waals surface area contributed by atoms with E-state index in [1.54, 1.807) is 6.08 Å². The fourth-order valence-corrected chi connectivity index (χ4v) is 3.45. The van der Waals surface area contributed by atoms with E-state index in [1.807, 2.05) is 36.4 Å². The summed E-state index contributed by atoms with van der Waals surface area (Å²) < 4.78 is 0. The molecular formula is C20H24N2O4. The van der Waals surface area contributed by atoms with Crippen molar-refractivity contribution in [3.63, 3.8) is 0 Å². The zero-order valence-corrected chi connectivity index (χ0v) is 14.7. The minimum atomic E-state index is -1.46. The van der Waals surface area contributed by atoms with Crippen LogP contribution in [0.4, 0.5) is 0 Å². The molecule has 1 aliphatic heterocycles. The topological polar surface area (TPSA) is 88.0 Å². The number of carboxylic acids is 1. The molecule has 2 N–H and O–H groups in total. The SMILES string of the molecule is O=C(O)C[C@]1(C(=O)NC2CCCCC2)CC(/C=C/c2ccccc2)=NO1. The van der Waals surface area contributed by atoms with Crippen LogP contribution in [0.15, 0.2) is 41.6 Å². The standard InChI is InChI=1S/C20H24N2O4/c23-18(24)14-20(19(25)21-16-9-5-2-6-10-16)13-17(22-26-20)12-11-15-7-3-1-4-8-15/h1,3-4,7-8,11-12,16H,2,5-6,9-10,13-14H2,(H,21,25)(H,23,24)/b12-11+/t20-/m0/s1. The van der Waals surface area contributed by atoms with Gasteiger partial charge in [0, 0.05) is 12.5 Å². The lowest BCUT2D eigenvalue weighted by Crippen LogP contribution is -2.51. The van der Waals surface area contributed by atoms with Crippen LogP contribution in [0.3, 0.4) is 0 Å². The number of nitrogens with one attached hydrogen (secondary N) is 1. The molecule has 2 aliphatic rings. The predicted octanol–water partition coefficient (Wildman–Crippen LogP) is 3.14. The Hall–Kier alpha value is -2.63. The van der Waals surface area contributed by atoms with Crippen molar-refractivity contribution in [1.82, 2.24) is 5.32 Å². The van der Waals surface area contributed by atoms with E-state index in [0.29, 0.717) is 5.71 Å². The lowest BCUT2D eigenvalue weighted by atomic mass is 9.90. The second-order valence-corrected chi connectivity index (χ2v) is 6.97. The molecule has 1 heterocycles. The van der Waals surface area contributed by atoms with E-state index in [2.05, 4.69) is 10.5 Å². The molecule has 3 rings (SSSR count). The summed E-state index contributed by atoms with van der Waals surface area (Å²) in [5.74, 6) is -1.45. The molecule has 1 fully saturated rings. The first kappa shape index (κ1) is 18.2. The summed E-state index contributed by atoms with van der Waals surface area (Å²) in [7, 11) is 0. The van der Waals surface area contributed by atoms with Gasteiger partial charge in [-0.25, -0.2) is 0 Å². The van der Waals surface area contributed by atoms with Gasteiger partial charge in [0.05, 0.1) is 12.1 Å². The maximum atomic E-state index is 12.8. The molecular weight excluding hydrogens is 332 g/mol. The van der Waals surface area contributed by atoms with Crippen molar-refractivity contribution >= 4 is 23.7 Å². The maximum absolute atomic E-state index is 12.8. The molecule has 138 valence electrons. The predicted molar refractivity (Wildman–Crippen MR) is 98.6 cm³/mol. The molecule has 1 aromatic rings. The van der Waals surface area contributed by atoms with Gasteiger partial charge in [-0.1, -0.05) is 60.8 Å². The number of carbonyl (C=O) groups is 2. The highest BCUT2D eigenvalue weighted by molar-refractivity contribution is 6.04. The molecule has 0 unspecified atom stereocenters. The minimum absolute atomic E-state index is 0.0921. The Morgan fingerprint density at radius 1 is 1.19 bits per heavy atom. The first-order chi connectivity index (χ1) is 12.6. The lowest BCUT2D eigenvalue weighted by molar-refractivity contribution is -0.156. The number of benzene rings is 1. The molecule has 1 aromatic carbocycles. The van der Waals surface area contributed by atoms with Crippen LogP contribution in [0, 0.1) is 0 Å². The Labute approximate surface area is 152 Å². The number of carboxylic acid groups (broad SMARTS) is 1. The van der Waals surface area contributed by atoms with E-state index >= 15 is 0 Å². The molecule has 0 bridgehead atoms. The van der Waals surface area contributed by atoms with Gasteiger partial charge in [-0.05, 0) is 24.5 Å². The zero-order chi connectivity index (χ0) is 18.4. The van der Waals surface area contributed by atoms with E-state index in [4.69, 9.17) is 4.84 Å². The van der Waals surface area contributed by atoms with Crippen LogP contribution in [-0.4, -0.2) is 34.3 Å². The van der Waals surface area contributed by atoms with Crippen molar-refractivity contribution in [3.8, 4) is 0 Å². The highest BCUT2D eigenvalue weighted by Crippen LogP contribution is 2.30. The third kappa shape index (κ3) is 4.50. The summed E-state index contributed by atoms with van der Waals surface area (Å²) in [6.07, 6.45) is 8.59. The highest BCUT2D eigenvalue weighted by atomic mass is 16.7. The summed E-state index contributed by atoms with van der Waals surface area (Å²) in [5, 5.41) is 16.2. The van der Waals surface area contributed by atoms with Crippen molar-refractivity contribution in [2.45, 2.75) is 56.6 Å². The van der Waals surface area contributed by atoms with E-state index in [9.17, 15) is 14.7 Å². The fraction of sp³-hybridized carbons (Fsp3) is 0.450. The Kier molecular flexibility index (Phi) is 5.71. The molecule has 1 amide bonds. The number of carbonyl (C=O) groups excluding carboxylic acids is 1. The van der Waals surface area contributed by atoms with Crippen LogP contribution in [-0.2, 0) is 14.4 Å². The van der Waals surface area contributed by atoms with Gasteiger partial charge >= 0.3 is 5.97 Å². The summed E-state index contributed by atoms with van der Waals surface area (Å²) in [4.78, 5) is 29.5. The highest BCUT2D eigenvalue weighted by Gasteiger charge is 2.48. The van der Waals surface area contributed by atoms with Gasteiger partial charge in [0.2, 0.25) is 5.60 Å². The smallest absolute Gasteiger partial charge is 0.308 e. The summed E-state index contributed by atoms with van der Waals surface area (Å²) in [6, 6.07) is 9.79. The molecule has 0 aromatic heterocycles. The van der Waals surface area contributed by atoms with Crippen LogP contribution < -0.4 is 5.32 Å². The van der Waals surface area contributed by atoms with E-state index in [1.165, 1.54) is 6.42 Å². The quantitative estimate of drug-likeness (QED) is 0.820. The monoisotopic (exact) mass is 356 g/mol. The molecule has 0 radical (unpaired) electrons. The van der Waals surface area contributed by atoms with Crippen molar-refractivity contribution in [1.29, 1.82) is 0 Å².